The molecule has 1 heterocycles. The van der Waals surface area contributed by atoms with Crippen molar-refractivity contribution in [3.05, 3.63) is 59.4 Å². The number of aryl methyl sites for hydroxylation is 1. The summed E-state index contributed by atoms with van der Waals surface area (Å²) in [5, 5.41) is 0. The SMILES string of the molecule is CCCCn1c(C)ccc1CSCCOCCOCCOCc1ccccc1. The molecule has 0 aliphatic rings. The molecule has 0 unspecified atom stereocenters. The molecule has 5 heteroatoms. The summed E-state index contributed by atoms with van der Waals surface area (Å²) in [6, 6.07) is 14.7. The number of benzene rings is 1. The van der Waals surface area contributed by atoms with Crippen LogP contribution in [0.25, 0.3) is 0 Å². The maximum atomic E-state index is 5.65. The van der Waals surface area contributed by atoms with Gasteiger partial charge in [0.15, 0.2) is 0 Å². The van der Waals surface area contributed by atoms with E-state index in [0.29, 0.717) is 33.0 Å². The summed E-state index contributed by atoms with van der Waals surface area (Å²) >= 11 is 1.93. The Labute approximate surface area is 174 Å². The third-order valence-electron chi connectivity index (χ3n) is 4.50. The van der Waals surface area contributed by atoms with Crippen molar-refractivity contribution in [2.24, 2.45) is 0 Å². The molecule has 1 aromatic heterocycles. The van der Waals surface area contributed by atoms with E-state index >= 15 is 0 Å². The number of hydrogen-bond acceptors (Lipinski definition) is 4. The highest BCUT2D eigenvalue weighted by Gasteiger charge is 2.04. The van der Waals surface area contributed by atoms with Gasteiger partial charge >= 0.3 is 0 Å². The van der Waals surface area contributed by atoms with Crippen molar-refractivity contribution in [3.63, 3.8) is 0 Å². The van der Waals surface area contributed by atoms with Gasteiger partial charge in [0, 0.05) is 29.4 Å². The molecule has 4 nitrogen and oxygen atoms in total. The number of unbranched alkanes of at least 4 members (excludes halogenated alkanes) is 1. The van der Waals surface area contributed by atoms with Crippen LogP contribution in [0, 0.1) is 6.92 Å². The molecule has 0 radical (unpaired) electrons. The van der Waals surface area contributed by atoms with Gasteiger partial charge in [0.25, 0.3) is 0 Å². The maximum absolute atomic E-state index is 5.65. The second kappa shape index (κ2) is 14.7. The first-order valence-electron chi connectivity index (χ1n) is 10.3. The monoisotopic (exact) mass is 405 g/mol. The molecule has 0 saturated carbocycles. The van der Waals surface area contributed by atoms with Crippen LogP contribution in [0.2, 0.25) is 0 Å². The zero-order valence-electron chi connectivity index (χ0n) is 17.4. The van der Waals surface area contributed by atoms with Gasteiger partial charge in [-0.25, -0.2) is 0 Å². The summed E-state index contributed by atoms with van der Waals surface area (Å²) in [6.45, 7) is 9.47. The summed E-state index contributed by atoms with van der Waals surface area (Å²) < 4.78 is 19.2. The molecule has 0 bridgehead atoms. The Hall–Kier alpha value is -1.27. The van der Waals surface area contributed by atoms with E-state index in [1.165, 1.54) is 29.8 Å². The minimum Gasteiger partial charge on any atom is -0.378 e. The fourth-order valence-electron chi connectivity index (χ4n) is 2.88. The molecular formula is C23H35NO3S. The third-order valence-corrected chi connectivity index (χ3v) is 5.46. The van der Waals surface area contributed by atoms with Gasteiger partial charge < -0.3 is 18.8 Å². The van der Waals surface area contributed by atoms with Crippen molar-refractivity contribution >= 4 is 11.8 Å². The van der Waals surface area contributed by atoms with E-state index in [1.807, 2.05) is 30.0 Å². The van der Waals surface area contributed by atoms with Crippen molar-refractivity contribution in [2.75, 3.05) is 38.8 Å². The number of rotatable bonds is 16. The number of nitrogens with zero attached hydrogens (tertiary/aromatic N) is 1. The first kappa shape index (κ1) is 23.0. The first-order valence-corrected chi connectivity index (χ1v) is 11.5. The molecule has 1 aromatic carbocycles. The van der Waals surface area contributed by atoms with Gasteiger partial charge in [-0.2, -0.15) is 11.8 Å². The van der Waals surface area contributed by atoms with E-state index in [1.54, 1.807) is 0 Å². The standard InChI is InChI=1S/C23H35NO3S/c1-3-4-12-24-21(2)10-11-23(24)20-28-18-17-26-14-13-25-15-16-27-19-22-8-6-5-7-9-22/h5-11H,3-4,12-20H2,1-2H3. The van der Waals surface area contributed by atoms with Crippen LogP contribution < -0.4 is 0 Å². The second-order valence-corrected chi connectivity index (χ2v) is 7.89. The highest BCUT2D eigenvalue weighted by molar-refractivity contribution is 7.98. The van der Waals surface area contributed by atoms with Crippen molar-refractivity contribution in [2.45, 2.75) is 45.6 Å². The highest BCUT2D eigenvalue weighted by Crippen LogP contribution is 2.16. The Morgan fingerprint density at radius 3 is 2.32 bits per heavy atom. The normalized spacial score (nSPS) is 11.2. The quantitative estimate of drug-likeness (QED) is 0.365. The number of thioether (sulfide) groups is 1. The number of aromatic nitrogens is 1. The molecule has 156 valence electrons. The summed E-state index contributed by atoms with van der Waals surface area (Å²) in [7, 11) is 0. The Morgan fingerprint density at radius 2 is 1.57 bits per heavy atom. The summed E-state index contributed by atoms with van der Waals surface area (Å²) in [5.41, 5.74) is 3.98. The second-order valence-electron chi connectivity index (χ2n) is 6.79. The molecule has 0 fully saturated rings. The van der Waals surface area contributed by atoms with Crippen molar-refractivity contribution in [1.82, 2.24) is 4.57 Å². The lowest BCUT2D eigenvalue weighted by molar-refractivity contribution is 0.0132. The summed E-state index contributed by atoms with van der Waals surface area (Å²) in [6.07, 6.45) is 2.48. The van der Waals surface area contributed by atoms with Gasteiger partial charge in [-0.05, 0) is 31.0 Å². The average Bonchev–Trinajstić information content (AvgIpc) is 3.07. The van der Waals surface area contributed by atoms with Crippen LogP contribution in [0.4, 0.5) is 0 Å². The third kappa shape index (κ3) is 9.28. The van der Waals surface area contributed by atoms with E-state index < -0.39 is 0 Å². The smallest absolute Gasteiger partial charge is 0.0718 e. The number of hydrogen-bond donors (Lipinski definition) is 0. The van der Waals surface area contributed by atoms with Crippen LogP contribution in [0.3, 0.4) is 0 Å². The molecule has 0 atom stereocenters. The minimum atomic E-state index is 0.610. The molecule has 0 amide bonds. The first-order chi connectivity index (χ1) is 13.8. The Balaban J connectivity index is 1.40. The van der Waals surface area contributed by atoms with Crippen LogP contribution in [0.5, 0.6) is 0 Å². The Morgan fingerprint density at radius 1 is 0.857 bits per heavy atom. The fraction of sp³-hybridized carbons (Fsp3) is 0.565. The Kier molecular flexibility index (Phi) is 12.1. The predicted molar refractivity (Wildman–Crippen MR) is 118 cm³/mol. The van der Waals surface area contributed by atoms with Crippen molar-refractivity contribution in [3.8, 4) is 0 Å². The van der Waals surface area contributed by atoms with Gasteiger partial charge in [-0.1, -0.05) is 43.7 Å². The summed E-state index contributed by atoms with van der Waals surface area (Å²) in [5.74, 6) is 2.06. The molecular weight excluding hydrogens is 370 g/mol. The van der Waals surface area contributed by atoms with E-state index in [-0.39, 0.29) is 0 Å². The van der Waals surface area contributed by atoms with Crippen LogP contribution in [0.15, 0.2) is 42.5 Å². The largest absolute Gasteiger partial charge is 0.378 e. The van der Waals surface area contributed by atoms with Crippen LogP contribution in [0.1, 0.15) is 36.7 Å². The zero-order valence-corrected chi connectivity index (χ0v) is 18.2. The van der Waals surface area contributed by atoms with Crippen LogP contribution in [-0.2, 0) is 33.1 Å². The van der Waals surface area contributed by atoms with Gasteiger partial charge in [0.05, 0.1) is 39.6 Å². The van der Waals surface area contributed by atoms with Crippen molar-refractivity contribution in [1.29, 1.82) is 0 Å². The maximum Gasteiger partial charge on any atom is 0.0718 e. The molecule has 0 aliphatic carbocycles. The van der Waals surface area contributed by atoms with E-state index in [4.69, 9.17) is 14.2 Å². The van der Waals surface area contributed by atoms with Gasteiger partial charge in [0.1, 0.15) is 0 Å². The topological polar surface area (TPSA) is 32.6 Å². The molecule has 2 rings (SSSR count). The van der Waals surface area contributed by atoms with Gasteiger partial charge in [-0.3, -0.25) is 0 Å². The van der Waals surface area contributed by atoms with E-state index in [2.05, 4.69) is 42.7 Å². The minimum absolute atomic E-state index is 0.610. The lowest BCUT2D eigenvalue weighted by Gasteiger charge is -2.11. The zero-order chi connectivity index (χ0) is 19.9. The van der Waals surface area contributed by atoms with Crippen LogP contribution in [-0.4, -0.2) is 43.4 Å². The van der Waals surface area contributed by atoms with Crippen molar-refractivity contribution < 1.29 is 14.2 Å². The highest BCUT2D eigenvalue weighted by atomic mass is 32.2. The lowest BCUT2D eigenvalue weighted by atomic mass is 10.2. The Bertz CT molecular complexity index is 630. The lowest BCUT2D eigenvalue weighted by Crippen LogP contribution is -2.10. The van der Waals surface area contributed by atoms with Crippen LogP contribution >= 0.6 is 11.8 Å². The molecule has 0 saturated heterocycles. The molecule has 0 N–H and O–H groups in total. The molecule has 28 heavy (non-hydrogen) atoms. The van der Waals surface area contributed by atoms with Gasteiger partial charge in [0.2, 0.25) is 0 Å². The summed E-state index contributed by atoms with van der Waals surface area (Å²) in [4.78, 5) is 0. The molecule has 2 aromatic rings. The number of ether oxygens (including phenoxy) is 3. The molecule has 0 aliphatic heterocycles. The predicted octanol–water partition coefficient (Wildman–Crippen LogP) is 5.08. The fourth-order valence-corrected chi connectivity index (χ4v) is 3.73. The molecule has 0 spiro atoms. The average molecular weight is 406 g/mol. The van der Waals surface area contributed by atoms with Gasteiger partial charge in [-0.15, -0.1) is 0 Å². The van der Waals surface area contributed by atoms with E-state index in [0.717, 1.165) is 24.7 Å². The van der Waals surface area contributed by atoms with E-state index in [9.17, 15) is 0 Å².